The minimum absolute atomic E-state index is 0.0218. The standard InChI is InChI=1S/C10H11Cl2N3O2S/c1-2-13-10(18)15-14-4-5-3-6(11)9(17)7(12)8(5)16/h3-4,16-17H,2H2,1H3,(H2,13,15,18)/b14-4+. The van der Waals surface area contributed by atoms with E-state index < -0.39 is 0 Å². The molecule has 0 aliphatic carbocycles. The van der Waals surface area contributed by atoms with E-state index in [-0.39, 0.29) is 27.1 Å². The zero-order valence-electron chi connectivity index (χ0n) is 9.37. The number of hydrazone groups is 1. The second kappa shape index (κ2) is 6.63. The Balaban J connectivity index is 2.85. The Morgan fingerprint density at radius 2 is 2.11 bits per heavy atom. The summed E-state index contributed by atoms with van der Waals surface area (Å²) in [6.07, 6.45) is 1.29. The van der Waals surface area contributed by atoms with Gasteiger partial charge in [0.2, 0.25) is 0 Å². The van der Waals surface area contributed by atoms with Crippen LogP contribution in [0.15, 0.2) is 11.2 Å². The summed E-state index contributed by atoms with van der Waals surface area (Å²) < 4.78 is 0. The highest BCUT2D eigenvalue weighted by Crippen LogP contribution is 2.40. The van der Waals surface area contributed by atoms with Crippen LogP contribution in [0.1, 0.15) is 12.5 Å². The monoisotopic (exact) mass is 307 g/mol. The quantitative estimate of drug-likeness (QED) is 0.391. The largest absolute Gasteiger partial charge is 0.506 e. The van der Waals surface area contributed by atoms with Crippen LogP contribution in [0.25, 0.3) is 0 Å². The summed E-state index contributed by atoms with van der Waals surface area (Å²) in [6, 6.07) is 1.33. The molecule has 0 heterocycles. The van der Waals surface area contributed by atoms with Crippen LogP contribution in [0.5, 0.6) is 11.5 Å². The van der Waals surface area contributed by atoms with Gasteiger partial charge in [0.15, 0.2) is 10.9 Å². The molecule has 1 rings (SSSR count). The lowest BCUT2D eigenvalue weighted by molar-refractivity contribution is 0.450. The maximum atomic E-state index is 9.65. The van der Waals surface area contributed by atoms with E-state index in [2.05, 4.69) is 15.8 Å². The average molecular weight is 308 g/mol. The van der Waals surface area contributed by atoms with Gasteiger partial charge in [-0.05, 0) is 25.2 Å². The van der Waals surface area contributed by atoms with E-state index in [4.69, 9.17) is 35.4 Å². The van der Waals surface area contributed by atoms with Gasteiger partial charge in [-0.25, -0.2) is 0 Å². The molecule has 0 fully saturated rings. The van der Waals surface area contributed by atoms with Gasteiger partial charge in [-0.1, -0.05) is 23.2 Å². The van der Waals surface area contributed by atoms with E-state index in [1.807, 2.05) is 6.92 Å². The van der Waals surface area contributed by atoms with Crippen molar-refractivity contribution in [2.75, 3.05) is 6.54 Å². The van der Waals surface area contributed by atoms with Crippen molar-refractivity contribution in [3.8, 4) is 11.5 Å². The van der Waals surface area contributed by atoms with Gasteiger partial charge in [0.25, 0.3) is 0 Å². The third-order valence-corrected chi connectivity index (χ3v) is 2.79. The number of hydrogen-bond acceptors (Lipinski definition) is 4. The Morgan fingerprint density at radius 3 is 2.72 bits per heavy atom. The second-order valence-electron chi connectivity index (χ2n) is 3.19. The van der Waals surface area contributed by atoms with Crippen molar-refractivity contribution in [3.05, 3.63) is 21.7 Å². The molecule has 0 saturated heterocycles. The van der Waals surface area contributed by atoms with Crippen molar-refractivity contribution < 1.29 is 10.2 Å². The molecule has 0 spiro atoms. The molecule has 0 aliphatic heterocycles. The Hall–Kier alpha value is -1.24. The molecule has 5 nitrogen and oxygen atoms in total. The molecular formula is C10H11Cl2N3O2S. The SMILES string of the molecule is CCNC(=S)N/N=C/c1cc(Cl)c(O)c(Cl)c1O. The fourth-order valence-corrected chi connectivity index (χ4v) is 1.74. The zero-order chi connectivity index (χ0) is 13.7. The summed E-state index contributed by atoms with van der Waals surface area (Å²) in [5.74, 6) is -0.678. The van der Waals surface area contributed by atoms with E-state index in [0.29, 0.717) is 11.7 Å². The minimum Gasteiger partial charge on any atom is -0.506 e. The first-order chi connectivity index (χ1) is 8.47. The number of rotatable bonds is 3. The maximum Gasteiger partial charge on any atom is 0.186 e. The van der Waals surface area contributed by atoms with Crippen LogP contribution in [0.4, 0.5) is 0 Å². The maximum absolute atomic E-state index is 9.65. The van der Waals surface area contributed by atoms with Crippen LogP contribution in [-0.4, -0.2) is 28.1 Å². The molecule has 98 valence electrons. The summed E-state index contributed by atoms with van der Waals surface area (Å²) in [4.78, 5) is 0. The number of hydrogen-bond donors (Lipinski definition) is 4. The molecule has 0 saturated carbocycles. The third-order valence-electron chi connectivity index (χ3n) is 1.90. The molecule has 1 aromatic carbocycles. The number of halogens is 2. The Morgan fingerprint density at radius 1 is 1.44 bits per heavy atom. The lowest BCUT2D eigenvalue weighted by Crippen LogP contribution is -2.31. The van der Waals surface area contributed by atoms with Crippen LogP contribution < -0.4 is 10.7 Å². The summed E-state index contributed by atoms with van der Waals surface area (Å²) >= 11 is 16.3. The number of phenols is 2. The first-order valence-corrected chi connectivity index (χ1v) is 6.10. The van der Waals surface area contributed by atoms with Gasteiger partial charge in [0, 0.05) is 12.1 Å². The van der Waals surface area contributed by atoms with Crippen molar-refractivity contribution in [1.29, 1.82) is 0 Å². The topological polar surface area (TPSA) is 76.9 Å². The predicted molar refractivity (Wildman–Crippen MR) is 76.8 cm³/mol. The third kappa shape index (κ3) is 3.63. The fourth-order valence-electron chi connectivity index (χ4n) is 1.08. The fraction of sp³-hybridized carbons (Fsp3) is 0.200. The van der Waals surface area contributed by atoms with Crippen molar-refractivity contribution >= 4 is 46.7 Å². The molecule has 0 amide bonds. The van der Waals surface area contributed by atoms with Crippen molar-refractivity contribution in [2.24, 2.45) is 5.10 Å². The molecule has 1 aromatic rings. The van der Waals surface area contributed by atoms with Crippen molar-refractivity contribution in [3.63, 3.8) is 0 Å². The summed E-state index contributed by atoms with van der Waals surface area (Å²) in [6.45, 7) is 2.56. The average Bonchev–Trinajstić information content (AvgIpc) is 2.33. The van der Waals surface area contributed by atoms with Gasteiger partial charge in [-0.3, -0.25) is 5.43 Å². The van der Waals surface area contributed by atoms with Gasteiger partial charge in [-0.2, -0.15) is 5.10 Å². The first kappa shape index (κ1) is 14.8. The molecule has 0 radical (unpaired) electrons. The van der Waals surface area contributed by atoms with Crippen LogP contribution in [0, 0.1) is 0 Å². The van der Waals surface area contributed by atoms with Gasteiger partial charge in [0.1, 0.15) is 10.8 Å². The molecule has 0 atom stereocenters. The lowest BCUT2D eigenvalue weighted by atomic mass is 10.2. The van der Waals surface area contributed by atoms with Crippen molar-refractivity contribution in [1.82, 2.24) is 10.7 Å². The highest BCUT2D eigenvalue weighted by molar-refractivity contribution is 7.80. The smallest absolute Gasteiger partial charge is 0.186 e. The van der Waals surface area contributed by atoms with E-state index in [9.17, 15) is 10.2 Å². The van der Waals surface area contributed by atoms with Crippen LogP contribution in [0.3, 0.4) is 0 Å². The van der Waals surface area contributed by atoms with Gasteiger partial charge >= 0.3 is 0 Å². The molecular weight excluding hydrogens is 297 g/mol. The Labute approximate surface area is 119 Å². The van der Waals surface area contributed by atoms with Crippen LogP contribution in [-0.2, 0) is 0 Å². The number of nitrogens with zero attached hydrogens (tertiary/aromatic N) is 1. The highest BCUT2D eigenvalue weighted by Gasteiger charge is 2.13. The molecule has 0 aromatic heterocycles. The van der Waals surface area contributed by atoms with Crippen LogP contribution >= 0.6 is 35.4 Å². The van der Waals surface area contributed by atoms with E-state index in [0.717, 1.165) is 0 Å². The number of nitrogens with one attached hydrogen (secondary N) is 2. The lowest BCUT2D eigenvalue weighted by Gasteiger charge is -2.06. The highest BCUT2D eigenvalue weighted by atomic mass is 35.5. The summed E-state index contributed by atoms with van der Waals surface area (Å²) in [7, 11) is 0. The van der Waals surface area contributed by atoms with Gasteiger partial charge in [0.05, 0.1) is 11.2 Å². The van der Waals surface area contributed by atoms with Gasteiger partial charge < -0.3 is 15.5 Å². The van der Waals surface area contributed by atoms with Crippen molar-refractivity contribution in [2.45, 2.75) is 6.92 Å². The molecule has 8 heteroatoms. The van der Waals surface area contributed by atoms with E-state index in [1.165, 1.54) is 12.3 Å². The van der Waals surface area contributed by atoms with E-state index >= 15 is 0 Å². The zero-order valence-corrected chi connectivity index (χ0v) is 11.7. The first-order valence-electron chi connectivity index (χ1n) is 4.94. The molecule has 0 unspecified atom stereocenters. The minimum atomic E-state index is -0.371. The normalized spacial score (nSPS) is 10.6. The molecule has 0 bridgehead atoms. The second-order valence-corrected chi connectivity index (χ2v) is 4.38. The summed E-state index contributed by atoms with van der Waals surface area (Å²) in [5, 5.41) is 25.8. The van der Waals surface area contributed by atoms with Gasteiger partial charge in [-0.15, -0.1) is 0 Å². The Bertz CT molecular complexity index is 495. The predicted octanol–water partition coefficient (Wildman–Crippen LogP) is 2.22. The number of aromatic hydroxyl groups is 2. The molecule has 0 aliphatic rings. The molecule has 18 heavy (non-hydrogen) atoms. The number of phenolic OH excluding ortho intramolecular Hbond substituents is 2. The number of benzene rings is 1. The molecule has 4 N–H and O–H groups in total. The van der Waals surface area contributed by atoms with Crippen LogP contribution in [0.2, 0.25) is 10.0 Å². The summed E-state index contributed by atoms with van der Waals surface area (Å²) in [5.41, 5.74) is 2.80. The Kier molecular flexibility index (Phi) is 5.46. The van der Waals surface area contributed by atoms with E-state index in [1.54, 1.807) is 0 Å². The number of thiocarbonyl (C=S) groups is 1.